The highest BCUT2D eigenvalue weighted by Crippen LogP contribution is 2.39. The molecule has 1 saturated carbocycles. The lowest BCUT2D eigenvalue weighted by Crippen LogP contribution is -2.50. The molecule has 2 aliphatic rings. The number of hydrogen-bond donors (Lipinski definition) is 2. The summed E-state index contributed by atoms with van der Waals surface area (Å²) >= 11 is 0. The van der Waals surface area contributed by atoms with E-state index in [1.807, 2.05) is 30.9 Å². The van der Waals surface area contributed by atoms with Crippen LogP contribution in [-0.4, -0.2) is 49.5 Å². The molecular formula is C23H35FN4O. The third-order valence-corrected chi connectivity index (χ3v) is 6.42. The Kier molecular flexibility index (Phi) is 7.14. The Labute approximate surface area is 174 Å². The Balaban J connectivity index is 1.61. The molecule has 1 amide bonds. The number of carbonyl (C=O) groups excluding carboxylic acids is 1. The van der Waals surface area contributed by atoms with E-state index in [0.29, 0.717) is 0 Å². The first-order chi connectivity index (χ1) is 13.9. The summed E-state index contributed by atoms with van der Waals surface area (Å²) in [7, 11) is 1.78. The summed E-state index contributed by atoms with van der Waals surface area (Å²) in [6, 6.07) is 7.22. The molecule has 0 radical (unpaired) electrons. The molecule has 2 N–H and O–H groups in total. The van der Waals surface area contributed by atoms with E-state index in [2.05, 4.69) is 15.6 Å². The Morgan fingerprint density at radius 1 is 1.24 bits per heavy atom. The van der Waals surface area contributed by atoms with Crippen molar-refractivity contribution < 1.29 is 9.18 Å². The van der Waals surface area contributed by atoms with Crippen LogP contribution in [0.3, 0.4) is 0 Å². The summed E-state index contributed by atoms with van der Waals surface area (Å²) in [6.45, 7) is 6.19. The van der Waals surface area contributed by atoms with Crippen LogP contribution >= 0.6 is 0 Å². The first kappa shape index (κ1) is 21.6. The summed E-state index contributed by atoms with van der Waals surface area (Å²) in [4.78, 5) is 18.6. The fraction of sp³-hybridized carbons (Fsp3) is 0.652. The third kappa shape index (κ3) is 5.28. The Morgan fingerprint density at radius 2 is 1.93 bits per heavy atom. The zero-order chi connectivity index (χ0) is 20.9. The van der Waals surface area contributed by atoms with Crippen molar-refractivity contribution in [3.05, 3.63) is 35.6 Å². The molecule has 1 unspecified atom stereocenters. The molecule has 3 rings (SSSR count). The van der Waals surface area contributed by atoms with Crippen LogP contribution in [0.4, 0.5) is 4.39 Å². The number of likely N-dealkylation sites (tertiary alicyclic amines) is 1. The predicted octanol–water partition coefficient (Wildman–Crippen LogP) is 3.45. The monoisotopic (exact) mass is 402 g/mol. The zero-order valence-corrected chi connectivity index (χ0v) is 18.0. The van der Waals surface area contributed by atoms with Gasteiger partial charge in [-0.15, -0.1) is 0 Å². The van der Waals surface area contributed by atoms with Crippen molar-refractivity contribution in [2.24, 2.45) is 10.9 Å². The molecule has 1 atom stereocenters. The second kappa shape index (κ2) is 9.59. The normalized spacial score (nSPS) is 22.0. The van der Waals surface area contributed by atoms with E-state index < -0.39 is 0 Å². The van der Waals surface area contributed by atoms with E-state index in [-0.39, 0.29) is 29.1 Å². The zero-order valence-electron chi connectivity index (χ0n) is 18.0. The molecule has 1 aliphatic carbocycles. The number of amides is 1. The minimum absolute atomic E-state index is 0.0128. The Hall–Kier alpha value is -2.11. The standard InChI is InChI=1S/C23H35FN4O/c1-17(2)21(29)28-14-11-20(15-28)27-22(25-3)26-16-23(12-5-4-6-13-23)18-7-9-19(24)10-8-18/h7-10,17,20H,4-6,11-16H2,1-3H3,(H2,25,26,27). The lowest BCUT2D eigenvalue weighted by Gasteiger charge is -2.38. The van der Waals surface area contributed by atoms with Gasteiger partial charge in [-0.05, 0) is 37.0 Å². The van der Waals surface area contributed by atoms with Crippen molar-refractivity contribution in [2.45, 2.75) is 63.8 Å². The van der Waals surface area contributed by atoms with Crippen LogP contribution < -0.4 is 10.6 Å². The van der Waals surface area contributed by atoms with E-state index >= 15 is 0 Å². The summed E-state index contributed by atoms with van der Waals surface area (Å²) in [5.41, 5.74) is 1.22. The molecular weight excluding hydrogens is 367 g/mol. The maximum atomic E-state index is 13.4. The molecule has 0 spiro atoms. The average molecular weight is 403 g/mol. The lowest BCUT2D eigenvalue weighted by atomic mass is 9.69. The average Bonchev–Trinajstić information content (AvgIpc) is 3.20. The van der Waals surface area contributed by atoms with Gasteiger partial charge >= 0.3 is 0 Å². The smallest absolute Gasteiger partial charge is 0.225 e. The highest BCUT2D eigenvalue weighted by molar-refractivity contribution is 5.81. The molecule has 1 heterocycles. The fourth-order valence-electron chi connectivity index (χ4n) is 4.68. The van der Waals surface area contributed by atoms with Gasteiger partial charge in [-0.25, -0.2) is 4.39 Å². The number of guanidine groups is 1. The first-order valence-electron chi connectivity index (χ1n) is 11.0. The van der Waals surface area contributed by atoms with Crippen molar-refractivity contribution in [2.75, 3.05) is 26.7 Å². The lowest BCUT2D eigenvalue weighted by molar-refractivity contribution is -0.133. The van der Waals surface area contributed by atoms with Gasteiger partial charge in [0.2, 0.25) is 5.91 Å². The van der Waals surface area contributed by atoms with Crippen LogP contribution in [-0.2, 0) is 10.2 Å². The SMILES string of the molecule is CN=C(NCC1(c2ccc(F)cc2)CCCCC1)NC1CCN(C(=O)C(C)C)C1. The molecule has 160 valence electrons. The number of aliphatic imine (C=N–C) groups is 1. The van der Waals surface area contributed by atoms with Gasteiger partial charge in [0.05, 0.1) is 0 Å². The molecule has 1 aromatic carbocycles. The van der Waals surface area contributed by atoms with E-state index in [0.717, 1.165) is 44.9 Å². The topological polar surface area (TPSA) is 56.7 Å². The highest BCUT2D eigenvalue weighted by atomic mass is 19.1. The van der Waals surface area contributed by atoms with E-state index in [9.17, 15) is 9.18 Å². The van der Waals surface area contributed by atoms with Crippen molar-refractivity contribution in [1.82, 2.24) is 15.5 Å². The minimum Gasteiger partial charge on any atom is -0.356 e. The van der Waals surface area contributed by atoms with Gasteiger partial charge in [-0.2, -0.15) is 0 Å². The van der Waals surface area contributed by atoms with Gasteiger partial charge in [0.1, 0.15) is 5.82 Å². The van der Waals surface area contributed by atoms with E-state index in [4.69, 9.17) is 0 Å². The van der Waals surface area contributed by atoms with Gasteiger partial charge in [0.25, 0.3) is 0 Å². The van der Waals surface area contributed by atoms with Gasteiger partial charge in [0.15, 0.2) is 5.96 Å². The number of hydrogen-bond acceptors (Lipinski definition) is 2. The molecule has 1 saturated heterocycles. The van der Waals surface area contributed by atoms with Crippen molar-refractivity contribution >= 4 is 11.9 Å². The Morgan fingerprint density at radius 3 is 2.55 bits per heavy atom. The van der Waals surface area contributed by atoms with Gasteiger partial charge < -0.3 is 15.5 Å². The molecule has 5 nitrogen and oxygen atoms in total. The molecule has 1 aliphatic heterocycles. The number of carbonyl (C=O) groups is 1. The van der Waals surface area contributed by atoms with Gasteiger partial charge in [-0.1, -0.05) is 45.2 Å². The third-order valence-electron chi connectivity index (χ3n) is 6.42. The van der Waals surface area contributed by atoms with Crippen LogP contribution in [0.2, 0.25) is 0 Å². The largest absolute Gasteiger partial charge is 0.356 e. The second-order valence-corrected chi connectivity index (χ2v) is 8.84. The number of benzene rings is 1. The van der Waals surface area contributed by atoms with E-state index in [1.165, 1.54) is 24.8 Å². The predicted molar refractivity (Wildman–Crippen MR) is 115 cm³/mol. The fourth-order valence-corrected chi connectivity index (χ4v) is 4.68. The quantitative estimate of drug-likeness (QED) is 0.586. The van der Waals surface area contributed by atoms with Crippen molar-refractivity contribution in [1.29, 1.82) is 0 Å². The summed E-state index contributed by atoms with van der Waals surface area (Å²) < 4.78 is 13.4. The first-order valence-corrected chi connectivity index (χ1v) is 11.0. The van der Waals surface area contributed by atoms with Gasteiger partial charge in [-0.3, -0.25) is 9.79 Å². The molecule has 0 aromatic heterocycles. The summed E-state index contributed by atoms with van der Waals surface area (Å²) in [6.07, 6.45) is 6.78. The summed E-state index contributed by atoms with van der Waals surface area (Å²) in [5.74, 6) is 0.843. The number of rotatable bonds is 5. The van der Waals surface area contributed by atoms with Gasteiger partial charge in [0, 0.05) is 44.1 Å². The van der Waals surface area contributed by atoms with E-state index in [1.54, 1.807) is 19.2 Å². The van der Waals surface area contributed by atoms with Crippen LogP contribution in [0.1, 0.15) is 57.9 Å². The summed E-state index contributed by atoms with van der Waals surface area (Å²) in [5, 5.41) is 7.02. The molecule has 0 bridgehead atoms. The van der Waals surface area contributed by atoms with Crippen LogP contribution in [0.25, 0.3) is 0 Å². The number of nitrogens with zero attached hydrogens (tertiary/aromatic N) is 2. The van der Waals surface area contributed by atoms with Crippen LogP contribution in [0.5, 0.6) is 0 Å². The van der Waals surface area contributed by atoms with Crippen molar-refractivity contribution in [3.63, 3.8) is 0 Å². The van der Waals surface area contributed by atoms with Crippen LogP contribution in [0, 0.1) is 11.7 Å². The van der Waals surface area contributed by atoms with Crippen molar-refractivity contribution in [3.8, 4) is 0 Å². The molecule has 6 heteroatoms. The number of nitrogens with one attached hydrogen (secondary N) is 2. The van der Waals surface area contributed by atoms with Crippen LogP contribution in [0.15, 0.2) is 29.3 Å². The number of halogens is 1. The highest BCUT2D eigenvalue weighted by Gasteiger charge is 2.34. The molecule has 1 aromatic rings. The Bertz CT molecular complexity index is 710. The molecule has 29 heavy (non-hydrogen) atoms. The maximum absolute atomic E-state index is 13.4. The maximum Gasteiger partial charge on any atom is 0.225 e. The minimum atomic E-state index is -0.188. The molecule has 2 fully saturated rings. The second-order valence-electron chi connectivity index (χ2n) is 8.84.